The summed E-state index contributed by atoms with van der Waals surface area (Å²) in [6.07, 6.45) is -3.84. The van der Waals surface area contributed by atoms with Gasteiger partial charge in [0.15, 0.2) is 0 Å². The summed E-state index contributed by atoms with van der Waals surface area (Å²) in [4.78, 5) is 23.2. The Hall–Kier alpha value is -2.12. The van der Waals surface area contributed by atoms with Crippen molar-refractivity contribution in [1.29, 1.82) is 0 Å². The SMILES string of the molecule is O=C(O)CC(NC(=O)CC1CCC(C(F)(F)F)CC1)c1ccc(F)cc1. The Morgan fingerprint density at radius 3 is 2.19 bits per heavy atom. The number of benzene rings is 1. The van der Waals surface area contributed by atoms with Crippen LogP contribution in [-0.4, -0.2) is 23.2 Å². The van der Waals surface area contributed by atoms with E-state index in [1.165, 1.54) is 24.3 Å². The molecule has 2 N–H and O–H groups in total. The van der Waals surface area contributed by atoms with Gasteiger partial charge in [0, 0.05) is 6.42 Å². The summed E-state index contributed by atoms with van der Waals surface area (Å²) >= 11 is 0. The number of carboxylic acids is 1. The van der Waals surface area contributed by atoms with Gasteiger partial charge >= 0.3 is 12.1 Å². The van der Waals surface area contributed by atoms with Gasteiger partial charge in [-0.3, -0.25) is 9.59 Å². The quantitative estimate of drug-likeness (QED) is 0.732. The molecule has 1 saturated carbocycles. The van der Waals surface area contributed by atoms with Gasteiger partial charge in [-0.25, -0.2) is 4.39 Å². The van der Waals surface area contributed by atoms with E-state index in [0.717, 1.165) is 0 Å². The summed E-state index contributed by atoms with van der Waals surface area (Å²) < 4.78 is 51.1. The predicted molar refractivity (Wildman–Crippen MR) is 85.7 cm³/mol. The molecule has 1 aliphatic rings. The summed E-state index contributed by atoms with van der Waals surface area (Å²) in [7, 11) is 0. The summed E-state index contributed by atoms with van der Waals surface area (Å²) in [6, 6.07) is 4.34. The fourth-order valence-electron chi connectivity index (χ4n) is 3.33. The minimum Gasteiger partial charge on any atom is -0.481 e. The van der Waals surface area contributed by atoms with Gasteiger partial charge in [-0.15, -0.1) is 0 Å². The molecule has 2 rings (SSSR count). The third-order valence-electron chi connectivity index (χ3n) is 4.77. The second-order valence-corrected chi connectivity index (χ2v) is 6.73. The van der Waals surface area contributed by atoms with Crippen LogP contribution < -0.4 is 5.32 Å². The number of carboxylic acid groups (broad SMARTS) is 1. The number of amides is 1. The Bertz CT molecular complexity index is 622. The first kappa shape index (κ1) is 20.2. The molecule has 1 unspecified atom stereocenters. The van der Waals surface area contributed by atoms with Crippen molar-refractivity contribution in [3.8, 4) is 0 Å². The maximum absolute atomic E-state index is 13.0. The van der Waals surface area contributed by atoms with Crippen molar-refractivity contribution in [2.45, 2.75) is 50.7 Å². The number of hydrogen-bond donors (Lipinski definition) is 2. The number of rotatable bonds is 6. The van der Waals surface area contributed by atoms with E-state index in [1.54, 1.807) is 0 Å². The van der Waals surface area contributed by atoms with E-state index < -0.39 is 35.8 Å². The third kappa shape index (κ3) is 6.00. The first-order valence-electron chi connectivity index (χ1n) is 8.48. The monoisotopic (exact) mass is 375 g/mol. The fraction of sp³-hybridized carbons (Fsp3) is 0.556. The van der Waals surface area contributed by atoms with Crippen LogP contribution in [0, 0.1) is 17.7 Å². The van der Waals surface area contributed by atoms with Crippen LogP contribution in [0.4, 0.5) is 17.6 Å². The van der Waals surface area contributed by atoms with Gasteiger partial charge in [0.05, 0.1) is 18.4 Å². The number of hydrogen-bond acceptors (Lipinski definition) is 2. The summed E-state index contributed by atoms with van der Waals surface area (Å²) in [5.41, 5.74) is 0.461. The Morgan fingerprint density at radius 2 is 1.69 bits per heavy atom. The first-order valence-corrected chi connectivity index (χ1v) is 8.48. The van der Waals surface area contributed by atoms with E-state index in [4.69, 9.17) is 5.11 Å². The largest absolute Gasteiger partial charge is 0.481 e. The van der Waals surface area contributed by atoms with Crippen LogP contribution in [0.2, 0.25) is 0 Å². The van der Waals surface area contributed by atoms with Crippen LogP contribution >= 0.6 is 0 Å². The number of aliphatic carboxylic acids is 1. The van der Waals surface area contributed by atoms with E-state index in [-0.39, 0.29) is 31.6 Å². The molecule has 1 atom stereocenters. The molecule has 144 valence electrons. The Balaban J connectivity index is 1.91. The molecule has 0 aliphatic heterocycles. The molecule has 1 aromatic rings. The van der Waals surface area contributed by atoms with Gasteiger partial charge in [0.25, 0.3) is 0 Å². The highest BCUT2D eigenvalue weighted by atomic mass is 19.4. The molecule has 1 fully saturated rings. The average molecular weight is 375 g/mol. The van der Waals surface area contributed by atoms with Crippen LogP contribution in [0.15, 0.2) is 24.3 Å². The third-order valence-corrected chi connectivity index (χ3v) is 4.77. The second-order valence-electron chi connectivity index (χ2n) is 6.73. The van der Waals surface area contributed by atoms with E-state index in [0.29, 0.717) is 18.4 Å². The normalized spacial score (nSPS) is 21.8. The fourth-order valence-corrected chi connectivity index (χ4v) is 3.33. The Kier molecular flexibility index (Phi) is 6.61. The molecule has 1 aliphatic carbocycles. The lowest BCUT2D eigenvalue weighted by atomic mass is 9.80. The van der Waals surface area contributed by atoms with Crippen molar-refractivity contribution in [3.63, 3.8) is 0 Å². The highest BCUT2D eigenvalue weighted by Gasteiger charge is 2.41. The number of nitrogens with one attached hydrogen (secondary N) is 1. The van der Waals surface area contributed by atoms with E-state index >= 15 is 0 Å². The summed E-state index contributed by atoms with van der Waals surface area (Å²) in [6.45, 7) is 0. The van der Waals surface area contributed by atoms with Crippen LogP contribution in [0.25, 0.3) is 0 Å². The van der Waals surface area contributed by atoms with Crippen molar-refractivity contribution >= 4 is 11.9 Å². The molecular formula is C18H21F4NO3. The van der Waals surface area contributed by atoms with Crippen LogP contribution in [0.3, 0.4) is 0 Å². The lowest BCUT2D eigenvalue weighted by Crippen LogP contribution is -2.33. The van der Waals surface area contributed by atoms with Crippen LogP contribution in [0.1, 0.15) is 50.1 Å². The predicted octanol–water partition coefficient (Wildman–Crippen LogP) is 4.22. The highest BCUT2D eigenvalue weighted by Crippen LogP contribution is 2.40. The van der Waals surface area contributed by atoms with Crippen molar-refractivity contribution in [3.05, 3.63) is 35.6 Å². The van der Waals surface area contributed by atoms with Gasteiger partial charge in [0.2, 0.25) is 5.91 Å². The smallest absolute Gasteiger partial charge is 0.391 e. The maximum Gasteiger partial charge on any atom is 0.391 e. The molecule has 0 saturated heterocycles. The number of halogens is 4. The molecular weight excluding hydrogens is 354 g/mol. The van der Waals surface area contributed by atoms with E-state index in [9.17, 15) is 27.2 Å². The molecule has 26 heavy (non-hydrogen) atoms. The Morgan fingerprint density at radius 1 is 1.12 bits per heavy atom. The maximum atomic E-state index is 13.0. The molecule has 4 nitrogen and oxygen atoms in total. The van der Waals surface area contributed by atoms with Crippen LogP contribution in [0.5, 0.6) is 0 Å². The topological polar surface area (TPSA) is 66.4 Å². The molecule has 0 radical (unpaired) electrons. The summed E-state index contributed by atoms with van der Waals surface area (Å²) in [5.74, 6) is -3.45. The lowest BCUT2D eigenvalue weighted by Gasteiger charge is -2.29. The molecule has 0 aromatic heterocycles. The first-order chi connectivity index (χ1) is 12.1. The average Bonchev–Trinajstić information content (AvgIpc) is 2.54. The molecule has 1 aromatic carbocycles. The van der Waals surface area contributed by atoms with Gasteiger partial charge in [-0.2, -0.15) is 13.2 Å². The molecule has 0 spiro atoms. The van der Waals surface area contributed by atoms with Gasteiger partial charge in [-0.05, 0) is 49.3 Å². The zero-order chi connectivity index (χ0) is 19.3. The number of carbonyl (C=O) groups excluding carboxylic acids is 1. The van der Waals surface area contributed by atoms with Crippen molar-refractivity contribution in [1.82, 2.24) is 5.32 Å². The molecule has 8 heteroatoms. The molecule has 0 bridgehead atoms. The van der Waals surface area contributed by atoms with Crippen LogP contribution in [-0.2, 0) is 9.59 Å². The summed E-state index contributed by atoms with van der Waals surface area (Å²) in [5, 5.41) is 11.6. The second kappa shape index (κ2) is 8.51. The standard InChI is InChI=1S/C18H21F4NO3/c19-14-7-3-12(4-8-14)15(10-17(25)26)23-16(24)9-11-1-5-13(6-2-11)18(20,21)22/h3-4,7-8,11,13,15H,1-2,5-6,9-10H2,(H,23,24)(H,25,26). The highest BCUT2D eigenvalue weighted by molar-refractivity contribution is 5.78. The molecule has 1 amide bonds. The van der Waals surface area contributed by atoms with Gasteiger partial charge < -0.3 is 10.4 Å². The van der Waals surface area contributed by atoms with Crippen molar-refractivity contribution < 1.29 is 32.3 Å². The number of carbonyl (C=O) groups is 2. The van der Waals surface area contributed by atoms with Gasteiger partial charge in [0.1, 0.15) is 5.82 Å². The lowest BCUT2D eigenvalue weighted by molar-refractivity contribution is -0.184. The van der Waals surface area contributed by atoms with E-state index in [2.05, 4.69) is 5.32 Å². The zero-order valence-electron chi connectivity index (χ0n) is 14.1. The van der Waals surface area contributed by atoms with Crippen molar-refractivity contribution in [2.24, 2.45) is 11.8 Å². The zero-order valence-corrected chi connectivity index (χ0v) is 14.1. The van der Waals surface area contributed by atoms with Crippen molar-refractivity contribution in [2.75, 3.05) is 0 Å². The Labute approximate surface area is 148 Å². The van der Waals surface area contributed by atoms with Gasteiger partial charge in [-0.1, -0.05) is 12.1 Å². The number of alkyl halides is 3. The minimum absolute atomic E-state index is 0.0119. The molecule has 0 heterocycles. The van der Waals surface area contributed by atoms with E-state index in [1.807, 2.05) is 0 Å². The minimum atomic E-state index is -4.19.